The highest BCUT2D eigenvalue weighted by atomic mass is 35.5. The average molecular weight is 569 g/mol. The molecule has 16 heteroatoms. The summed E-state index contributed by atoms with van der Waals surface area (Å²) in [6, 6.07) is 0. The molecule has 4 heterocycles. The van der Waals surface area contributed by atoms with Crippen LogP contribution in [0.5, 0.6) is 11.8 Å². The predicted molar refractivity (Wildman–Crippen MR) is 136 cm³/mol. The molecule has 1 saturated heterocycles. The minimum atomic E-state index is -4.16. The van der Waals surface area contributed by atoms with Gasteiger partial charge in [0, 0.05) is 24.9 Å². The van der Waals surface area contributed by atoms with Gasteiger partial charge in [0.15, 0.2) is 11.5 Å². The zero-order chi connectivity index (χ0) is 27.4. The number of methoxy groups -OCH3 is 2. The Bertz CT molecular complexity index is 1330. The summed E-state index contributed by atoms with van der Waals surface area (Å²) in [4.78, 5) is 16.7. The Morgan fingerprint density at radius 2 is 1.74 bits per heavy atom. The molecule has 3 atom stereocenters. The molecular formula is C22H29ClN8O6S. The normalized spacial score (nSPS) is 17.4. The van der Waals surface area contributed by atoms with Crippen LogP contribution < -0.4 is 14.2 Å². The van der Waals surface area contributed by atoms with Gasteiger partial charge in [0.2, 0.25) is 27.7 Å². The minimum Gasteiger partial charge on any atom is -0.479 e. The van der Waals surface area contributed by atoms with Crippen molar-refractivity contribution in [2.45, 2.75) is 50.6 Å². The first-order valence-electron chi connectivity index (χ1n) is 11.8. The van der Waals surface area contributed by atoms with Gasteiger partial charge in [-0.1, -0.05) is 11.6 Å². The number of sulfonamides is 1. The predicted octanol–water partition coefficient (Wildman–Crippen LogP) is 2.32. The zero-order valence-corrected chi connectivity index (χ0v) is 23.1. The van der Waals surface area contributed by atoms with E-state index in [1.807, 2.05) is 0 Å². The summed E-state index contributed by atoms with van der Waals surface area (Å²) >= 11 is 5.93. The van der Waals surface area contributed by atoms with Crippen molar-refractivity contribution >= 4 is 27.6 Å². The lowest BCUT2D eigenvalue weighted by atomic mass is 10.1. The smallest absolute Gasteiger partial charge is 0.245 e. The molecule has 4 rings (SSSR count). The Labute approximate surface area is 225 Å². The van der Waals surface area contributed by atoms with Gasteiger partial charge in [-0.2, -0.15) is 9.97 Å². The van der Waals surface area contributed by atoms with Crippen LogP contribution in [0.4, 0.5) is 5.95 Å². The van der Waals surface area contributed by atoms with E-state index < -0.39 is 21.4 Å². The molecule has 0 aromatic carbocycles. The fraction of sp³-hybridized carbons (Fsp3) is 0.545. The van der Waals surface area contributed by atoms with Gasteiger partial charge < -0.3 is 18.9 Å². The van der Waals surface area contributed by atoms with E-state index >= 15 is 0 Å². The first kappa shape index (κ1) is 27.9. The first-order chi connectivity index (χ1) is 18.2. The van der Waals surface area contributed by atoms with Gasteiger partial charge >= 0.3 is 0 Å². The second kappa shape index (κ2) is 11.7. The summed E-state index contributed by atoms with van der Waals surface area (Å²) in [5.74, 6) is 0.626. The quantitative estimate of drug-likeness (QED) is 0.359. The highest BCUT2D eigenvalue weighted by molar-refractivity contribution is 7.93. The Morgan fingerprint density at radius 3 is 2.29 bits per heavy atom. The van der Waals surface area contributed by atoms with Crippen molar-refractivity contribution in [2.75, 3.05) is 32.2 Å². The van der Waals surface area contributed by atoms with Crippen molar-refractivity contribution < 1.29 is 27.4 Å². The number of ether oxygens (including phenoxy) is 4. The second-order valence-electron chi connectivity index (χ2n) is 8.74. The van der Waals surface area contributed by atoms with Gasteiger partial charge in [-0.3, -0.25) is 9.29 Å². The maximum absolute atomic E-state index is 13.7. The van der Waals surface area contributed by atoms with Crippen molar-refractivity contribution in [3.05, 3.63) is 35.4 Å². The third-order valence-electron chi connectivity index (χ3n) is 5.81. The fourth-order valence-corrected chi connectivity index (χ4v) is 5.13. The first-order valence-corrected chi connectivity index (χ1v) is 13.7. The van der Waals surface area contributed by atoms with Crippen LogP contribution in [0.3, 0.4) is 0 Å². The molecule has 14 nitrogen and oxygen atoms in total. The van der Waals surface area contributed by atoms with E-state index in [0.717, 1.165) is 0 Å². The molecule has 1 fully saturated rings. The highest BCUT2D eigenvalue weighted by Gasteiger charge is 2.37. The number of rotatable bonds is 11. The number of nitrogens with one attached hydrogen (secondary N) is 1. The number of anilines is 1. The van der Waals surface area contributed by atoms with E-state index in [1.54, 1.807) is 13.8 Å². The summed E-state index contributed by atoms with van der Waals surface area (Å²) in [7, 11) is -1.30. The molecule has 0 amide bonds. The molecule has 0 spiro atoms. The van der Waals surface area contributed by atoms with E-state index in [-0.39, 0.29) is 41.2 Å². The molecule has 0 aliphatic carbocycles. The molecule has 0 saturated carbocycles. The maximum Gasteiger partial charge on any atom is 0.245 e. The van der Waals surface area contributed by atoms with Crippen LogP contribution in [-0.4, -0.2) is 81.9 Å². The van der Waals surface area contributed by atoms with Crippen molar-refractivity contribution in [3.63, 3.8) is 0 Å². The van der Waals surface area contributed by atoms with Gasteiger partial charge in [0.1, 0.15) is 23.5 Å². The van der Waals surface area contributed by atoms with Crippen LogP contribution >= 0.6 is 11.6 Å². The summed E-state index contributed by atoms with van der Waals surface area (Å²) < 4.78 is 53.8. The van der Waals surface area contributed by atoms with E-state index in [2.05, 4.69) is 34.9 Å². The molecule has 206 valence electrons. The monoisotopic (exact) mass is 568 g/mol. The fourth-order valence-electron chi connectivity index (χ4n) is 3.95. The lowest BCUT2D eigenvalue weighted by Gasteiger charge is -2.25. The van der Waals surface area contributed by atoms with Gasteiger partial charge in [0.05, 0.1) is 32.0 Å². The summed E-state index contributed by atoms with van der Waals surface area (Å²) in [6.07, 6.45) is 3.38. The van der Waals surface area contributed by atoms with Crippen molar-refractivity contribution in [2.24, 2.45) is 0 Å². The topological polar surface area (TPSA) is 165 Å². The van der Waals surface area contributed by atoms with Crippen LogP contribution in [0.1, 0.15) is 50.9 Å². The summed E-state index contributed by atoms with van der Waals surface area (Å²) in [6.45, 7) is 5.99. The maximum atomic E-state index is 13.7. The molecule has 1 aliphatic heterocycles. The Hall–Kier alpha value is -3.14. The molecule has 1 N–H and O–H groups in total. The van der Waals surface area contributed by atoms with E-state index in [9.17, 15) is 8.42 Å². The number of hydrogen-bond donors (Lipinski definition) is 1. The molecule has 1 aliphatic rings. The van der Waals surface area contributed by atoms with Gasteiger partial charge in [-0.25, -0.2) is 18.4 Å². The molecule has 0 radical (unpaired) electrons. The zero-order valence-electron chi connectivity index (χ0n) is 21.5. The SMILES string of the molecule is COc1ncnc(OC)c1-n1c(NS(=O)(=O)[C@@H](C)[C@@H](OC(C)C)c2ncc(Cl)cn2)nnc1C1CCOC1. The number of hydrogen-bond acceptors (Lipinski definition) is 12. The van der Waals surface area contributed by atoms with E-state index in [4.69, 9.17) is 30.5 Å². The van der Waals surface area contributed by atoms with Crippen LogP contribution in [-0.2, 0) is 19.5 Å². The molecule has 3 aromatic rings. The average Bonchev–Trinajstić information content (AvgIpc) is 3.56. The van der Waals surface area contributed by atoms with Gasteiger partial charge in [-0.05, 0) is 27.2 Å². The van der Waals surface area contributed by atoms with Crippen molar-refractivity contribution in [3.8, 4) is 17.4 Å². The van der Waals surface area contributed by atoms with E-state index in [0.29, 0.717) is 30.5 Å². The lowest BCUT2D eigenvalue weighted by Crippen LogP contribution is -2.35. The third-order valence-corrected chi connectivity index (χ3v) is 7.70. The van der Waals surface area contributed by atoms with Crippen LogP contribution in [0.15, 0.2) is 18.7 Å². The Morgan fingerprint density at radius 1 is 1.08 bits per heavy atom. The molecule has 1 unspecified atom stereocenters. The second-order valence-corrected chi connectivity index (χ2v) is 11.2. The molecule has 38 heavy (non-hydrogen) atoms. The number of aromatic nitrogens is 7. The largest absolute Gasteiger partial charge is 0.479 e. The number of nitrogens with zero attached hydrogens (tertiary/aromatic N) is 7. The lowest BCUT2D eigenvalue weighted by molar-refractivity contribution is 0.00154. The number of halogens is 1. The Balaban J connectivity index is 1.78. The van der Waals surface area contributed by atoms with Gasteiger partial charge in [-0.15, -0.1) is 10.2 Å². The van der Waals surface area contributed by atoms with Crippen LogP contribution in [0.2, 0.25) is 5.02 Å². The summed E-state index contributed by atoms with van der Waals surface area (Å²) in [5, 5.41) is 7.64. The third kappa shape index (κ3) is 5.80. The minimum absolute atomic E-state index is 0.106. The summed E-state index contributed by atoms with van der Waals surface area (Å²) in [5.41, 5.74) is 0.241. The van der Waals surface area contributed by atoms with Crippen LogP contribution in [0.25, 0.3) is 5.69 Å². The van der Waals surface area contributed by atoms with Crippen molar-refractivity contribution in [1.29, 1.82) is 0 Å². The Kier molecular flexibility index (Phi) is 8.60. The van der Waals surface area contributed by atoms with Gasteiger partial charge in [0.25, 0.3) is 0 Å². The molecular weight excluding hydrogens is 540 g/mol. The molecule has 0 bridgehead atoms. The molecule has 3 aromatic heterocycles. The van der Waals surface area contributed by atoms with E-state index in [1.165, 1.54) is 44.4 Å². The van der Waals surface area contributed by atoms with Crippen LogP contribution in [0, 0.1) is 0 Å². The van der Waals surface area contributed by atoms with Crippen molar-refractivity contribution in [1.82, 2.24) is 34.7 Å². The highest BCUT2D eigenvalue weighted by Crippen LogP contribution is 2.36. The standard InChI is InChI=1S/C22H29ClN8O6S/c1-12(2)37-17(18-24-8-15(23)9-25-18)13(3)38(32,33)30-22-29-28-19(14-6-7-36-10-14)31(22)16-20(34-4)26-11-27-21(16)35-5/h8-9,11-14,17H,6-7,10H2,1-5H3,(H,29,30)/t13-,14?,17+/m0/s1.